The Bertz CT molecular complexity index is 821. The Morgan fingerprint density at radius 1 is 1.12 bits per heavy atom. The molecule has 1 aliphatic rings. The SMILES string of the molecule is O=C(Nc1cccnc1)N1CCN(Cc2cn3ccccc3n2)CC1. The van der Waals surface area contributed by atoms with Crippen LogP contribution >= 0.6 is 0 Å². The number of pyridine rings is 2. The van der Waals surface area contributed by atoms with Crippen molar-refractivity contribution in [1.29, 1.82) is 0 Å². The molecule has 0 aliphatic carbocycles. The summed E-state index contributed by atoms with van der Waals surface area (Å²) >= 11 is 0. The smallest absolute Gasteiger partial charge is 0.321 e. The van der Waals surface area contributed by atoms with Crippen molar-refractivity contribution in [3.8, 4) is 0 Å². The zero-order chi connectivity index (χ0) is 17.1. The van der Waals surface area contributed by atoms with E-state index in [2.05, 4.69) is 26.4 Å². The number of rotatable bonds is 3. The van der Waals surface area contributed by atoms with Gasteiger partial charge in [-0.2, -0.15) is 0 Å². The van der Waals surface area contributed by atoms with Gasteiger partial charge in [0.15, 0.2) is 0 Å². The van der Waals surface area contributed by atoms with E-state index in [1.807, 2.05) is 45.8 Å². The van der Waals surface area contributed by atoms with E-state index >= 15 is 0 Å². The van der Waals surface area contributed by atoms with Crippen LogP contribution in [-0.2, 0) is 6.54 Å². The van der Waals surface area contributed by atoms with Gasteiger partial charge in [-0.05, 0) is 24.3 Å². The van der Waals surface area contributed by atoms with Gasteiger partial charge in [0.1, 0.15) is 5.65 Å². The second-order valence-electron chi connectivity index (χ2n) is 6.13. The molecule has 0 spiro atoms. The number of nitrogens with zero attached hydrogens (tertiary/aromatic N) is 5. The Morgan fingerprint density at radius 3 is 2.76 bits per heavy atom. The van der Waals surface area contributed by atoms with Gasteiger partial charge in [0.2, 0.25) is 0 Å². The van der Waals surface area contributed by atoms with Crippen LogP contribution < -0.4 is 5.32 Å². The minimum atomic E-state index is -0.0691. The Hall–Kier alpha value is -2.93. The summed E-state index contributed by atoms with van der Waals surface area (Å²) in [6, 6.07) is 9.57. The van der Waals surface area contributed by atoms with Crippen LogP contribution in [0.15, 0.2) is 55.1 Å². The lowest BCUT2D eigenvalue weighted by molar-refractivity contribution is 0.142. The molecule has 0 aromatic carbocycles. The van der Waals surface area contributed by atoms with Gasteiger partial charge in [0, 0.05) is 51.3 Å². The Labute approximate surface area is 145 Å². The molecular weight excluding hydrogens is 316 g/mol. The number of nitrogens with one attached hydrogen (secondary N) is 1. The van der Waals surface area contributed by atoms with E-state index < -0.39 is 0 Å². The molecule has 128 valence electrons. The van der Waals surface area contributed by atoms with E-state index in [1.165, 1.54) is 0 Å². The molecule has 7 heteroatoms. The van der Waals surface area contributed by atoms with Gasteiger partial charge < -0.3 is 14.6 Å². The summed E-state index contributed by atoms with van der Waals surface area (Å²) in [5.74, 6) is 0. The van der Waals surface area contributed by atoms with Crippen LogP contribution in [0.3, 0.4) is 0 Å². The third-order valence-electron chi connectivity index (χ3n) is 4.37. The summed E-state index contributed by atoms with van der Waals surface area (Å²) in [5.41, 5.74) is 2.74. The highest BCUT2D eigenvalue weighted by molar-refractivity contribution is 5.89. The first-order valence-electron chi connectivity index (χ1n) is 8.39. The topological polar surface area (TPSA) is 65.8 Å². The third kappa shape index (κ3) is 3.61. The fourth-order valence-corrected chi connectivity index (χ4v) is 3.04. The second-order valence-corrected chi connectivity index (χ2v) is 6.13. The number of hydrogen-bond acceptors (Lipinski definition) is 4. The number of anilines is 1. The van der Waals surface area contributed by atoms with Crippen LogP contribution in [0.4, 0.5) is 10.5 Å². The summed E-state index contributed by atoms with van der Waals surface area (Å²) in [7, 11) is 0. The molecule has 1 fully saturated rings. The standard InChI is InChI=1S/C18H20N6O/c25-18(21-15-4-3-6-19-12-15)23-10-8-22(9-11-23)13-16-14-24-7-2-1-5-17(24)20-16/h1-7,12,14H,8-11,13H2,(H,21,25). The average Bonchev–Trinajstić information content (AvgIpc) is 3.05. The van der Waals surface area contributed by atoms with Gasteiger partial charge in [-0.3, -0.25) is 9.88 Å². The van der Waals surface area contributed by atoms with Crippen LogP contribution in [0.2, 0.25) is 0 Å². The number of hydrogen-bond donors (Lipinski definition) is 1. The van der Waals surface area contributed by atoms with Crippen molar-refractivity contribution in [2.45, 2.75) is 6.54 Å². The first kappa shape index (κ1) is 15.6. The van der Waals surface area contributed by atoms with Gasteiger partial charge in [-0.25, -0.2) is 9.78 Å². The van der Waals surface area contributed by atoms with E-state index in [-0.39, 0.29) is 6.03 Å². The van der Waals surface area contributed by atoms with Crippen molar-refractivity contribution in [1.82, 2.24) is 24.2 Å². The van der Waals surface area contributed by atoms with E-state index in [9.17, 15) is 4.79 Å². The van der Waals surface area contributed by atoms with Crippen LogP contribution in [0.1, 0.15) is 5.69 Å². The lowest BCUT2D eigenvalue weighted by atomic mass is 10.3. The Kier molecular flexibility index (Phi) is 4.30. The van der Waals surface area contributed by atoms with E-state index in [4.69, 9.17) is 0 Å². The maximum atomic E-state index is 12.3. The predicted molar refractivity (Wildman–Crippen MR) is 95.3 cm³/mol. The summed E-state index contributed by atoms with van der Waals surface area (Å²) in [6.45, 7) is 3.90. The van der Waals surface area contributed by atoms with E-state index in [0.717, 1.165) is 36.7 Å². The molecule has 0 atom stereocenters. The Balaban J connectivity index is 1.31. The molecule has 25 heavy (non-hydrogen) atoms. The van der Waals surface area contributed by atoms with E-state index in [1.54, 1.807) is 12.4 Å². The number of amides is 2. The molecule has 1 saturated heterocycles. The number of piperazine rings is 1. The maximum Gasteiger partial charge on any atom is 0.321 e. The van der Waals surface area contributed by atoms with Crippen LogP contribution in [-0.4, -0.2) is 56.4 Å². The van der Waals surface area contributed by atoms with Crippen molar-refractivity contribution in [2.24, 2.45) is 0 Å². The number of imidazole rings is 1. The zero-order valence-corrected chi connectivity index (χ0v) is 13.9. The van der Waals surface area contributed by atoms with Gasteiger partial charge in [0.25, 0.3) is 0 Å². The summed E-state index contributed by atoms with van der Waals surface area (Å²) in [6.07, 6.45) is 7.41. The monoisotopic (exact) mass is 336 g/mol. The molecule has 1 aliphatic heterocycles. The van der Waals surface area contributed by atoms with Crippen LogP contribution in [0.25, 0.3) is 5.65 Å². The zero-order valence-electron chi connectivity index (χ0n) is 13.9. The van der Waals surface area contributed by atoms with Crippen LogP contribution in [0.5, 0.6) is 0 Å². The summed E-state index contributed by atoms with van der Waals surface area (Å²) < 4.78 is 2.03. The number of carbonyl (C=O) groups excluding carboxylic acids is 1. The molecule has 3 aromatic heterocycles. The minimum Gasteiger partial charge on any atom is -0.322 e. The van der Waals surface area contributed by atoms with Crippen LogP contribution in [0, 0.1) is 0 Å². The van der Waals surface area contributed by atoms with Crippen molar-refractivity contribution < 1.29 is 4.79 Å². The molecule has 2 amide bonds. The van der Waals surface area contributed by atoms with E-state index in [0.29, 0.717) is 13.1 Å². The molecule has 0 bridgehead atoms. The average molecular weight is 336 g/mol. The Morgan fingerprint density at radius 2 is 2.00 bits per heavy atom. The van der Waals surface area contributed by atoms with Crippen molar-refractivity contribution in [3.63, 3.8) is 0 Å². The largest absolute Gasteiger partial charge is 0.322 e. The second kappa shape index (κ2) is 6.90. The van der Waals surface area contributed by atoms with Crippen molar-refractivity contribution in [3.05, 3.63) is 60.8 Å². The molecule has 0 radical (unpaired) electrons. The maximum absolute atomic E-state index is 12.3. The first-order valence-corrected chi connectivity index (χ1v) is 8.39. The first-order chi connectivity index (χ1) is 12.3. The predicted octanol–water partition coefficient (Wildman–Crippen LogP) is 2.08. The molecular formula is C18H20N6O. The minimum absolute atomic E-state index is 0.0691. The fraction of sp³-hybridized carbons (Fsp3) is 0.278. The quantitative estimate of drug-likeness (QED) is 0.795. The molecule has 0 saturated carbocycles. The fourth-order valence-electron chi connectivity index (χ4n) is 3.04. The van der Waals surface area contributed by atoms with Gasteiger partial charge in [0.05, 0.1) is 17.6 Å². The van der Waals surface area contributed by atoms with Crippen molar-refractivity contribution in [2.75, 3.05) is 31.5 Å². The summed E-state index contributed by atoms with van der Waals surface area (Å²) in [5, 5.41) is 2.88. The van der Waals surface area contributed by atoms with Crippen molar-refractivity contribution >= 4 is 17.4 Å². The number of fused-ring (bicyclic) bond motifs is 1. The summed E-state index contributed by atoms with van der Waals surface area (Å²) in [4.78, 5) is 25.1. The lowest BCUT2D eigenvalue weighted by Crippen LogP contribution is -2.49. The highest BCUT2D eigenvalue weighted by atomic mass is 16.2. The number of carbonyl (C=O) groups is 1. The molecule has 3 aromatic rings. The molecule has 4 heterocycles. The highest BCUT2D eigenvalue weighted by Crippen LogP contribution is 2.11. The number of aromatic nitrogens is 3. The lowest BCUT2D eigenvalue weighted by Gasteiger charge is -2.34. The molecule has 7 nitrogen and oxygen atoms in total. The molecule has 1 N–H and O–H groups in total. The third-order valence-corrected chi connectivity index (χ3v) is 4.37. The normalized spacial score (nSPS) is 15.4. The van der Waals surface area contributed by atoms with Gasteiger partial charge in [-0.15, -0.1) is 0 Å². The molecule has 4 rings (SSSR count). The molecule has 0 unspecified atom stereocenters. The highest BCUT2D eigenvalue weighted by Gasteiger charge is 2.21. The number of urea groups is 1. The van der Waals surface area contributed by atoms with Gasteiger partial charge in [-0.1, -0.05) is 6.07 Å². The van der Waals surface area contributed by atoms with Gasteiger partial charge >= 0.3 is 6.03 Å².